The van der Waals surface area contributed by atoms with E-state index in [9.17, 15) is 0 Å². The summed E-state index contributed by atoms with van der Waals surface area (Å²) < 4.78 is 12.0. The van der Waals surface area contributed by atoms with Gasteiger partial charge in [-0.1, -0.05) is 61.2 Å². The van der Waals surface area contributed by atoms with Gasteiger partial charge in [0.1, 0.15) is 18.1 Å². The third-order valence-corrected chi connectivity index (χ3v) is 5.34. The molecule has 2 atom stereocenters. The minimum atomic E-state index is -0.274. The second-order valence-corrected chi connectivity index (χ2v) is 7.19. The molecule has 0 amide bonds. The second kappa shape index (κ2) is 7.47. The zero-order valence-corrected chi connectivity index (χ0v) is 16.1. The van der Waals surface area contributed by atoms with E-state index < -0.39 is 0 Å². The summed E-state index contributed by atoms with van der Waals surface area (Å²) in [5.74, 6) is 1.74. The van der Waals surface area contributed by atoms with E-state index in [1.807, 2.05) is 42.5 Å². The lowest BCUT2D eigenvalue weighted by Gasteiger charge is -2.38. The Morgan fingerprint density at radius 2 is 1.76 bits per heavy atom. The molecule has 0 bridgehead atoms. The van der Waals surface area contributed by atoms with Crippen molar-refractivity contribution in [1.82, 2.24) is 5.01 Å². The maximum Gasteiger partial charge on any atom is 0.213 e. The molecular formula is C25H22N2O2. The Labute approximate surface area is 170 Å². The number of hydrazone groups is 1. The smallest absolute Gasteiger partial charge is 0.213 e. The molecule has 0 saturated heterocycles. The van der Waals surface area contributed by atoms with Crippen molar-refractivity contribution in [2.75, 3.05) is 6.61 Å². The van der Waals surface area contributed by atoms with Crippen LogP contribution in [0.25, 0.3) is 0 Å². The summed E-state index contributed by atoms with van der Waals surface area (Å²) in [5.41, 5.74) is 4.48. The molecule has 2 heterocycles. The quantitative estimate of drug-likeness (QED) is 0.547. The second-order valence-electron chi connectivity index (χ2n) is 7.19. The van der Waals surface area contributed by atoms with E-state index in [1.165, 1.54) is 5.56 Å². The van der Waals surface area contributed by atoms with Crippen LogP contribution in [0, 0.1) is 0 Å². The molecule has 144 valence electrons. The van der Waals surface area contributed by atoms with Crippen molar-refractivity contribution >= 4 is 5.71 Å². The Morgan fingerprint density at radius 3 is 2.55 bits per heavy atom. The van der Waals surface area contributed by atoms with Gasteiger partial charge in [0, 0.05) is 17.5 Å². The zero-order chi connectivity index (χ0) is 19.6. The number of hydrogen-bond acceptors (Lipinski definition) is 4. The fraction of sp³-hybridized carbons (Fsp3) is 0.160. The number of nitrogens with zero attached hydrogens (tertiary/aromatic N) is 2. The zero-order valence-electron chi connectivity index (χ0n) is 16.1. The summed E-state index contributed by atoms with van der Waals surface area (Å²) in [6.45, 7) is 4.18. The fourth-order valence-electron chi connectivity index (χ4n) is 3.94. The van der Waals surface area contributed by atoms with Gasteiger partial charge in [0.15, 0.2) is 0 Å². The number of para-hydroxylation sites is 1. The standard InChI is InChI=1S/C25H22N2O2/c1-2-16-28-20-14-12-19(13-15-20)25-27-23(21-10-6-7-11-24(21)29-25)17-22(26-27)18-8-4-3-5-9-18/h2-15,23,25H,1,16-17H2. The van der Waals surface area contributed by atoms with Crippen LogP contribution in [0.2, 0.25) is 0 Å². The average molecular weight is 382 g/mol. The summed E-state index contributed by atoms with van der Waals surface area (Å²) >= 11 is 0. The predicted octanol–water partition coefficient (Wildman–Crippen LogP) is 5.49. The third-order valence-electron chi connectivity index (χ3n) is 5.34. The maximum atomic E-state index is 6.40. The summed E-state index contributed by atoms with van der Waals surface area (Å²) in [4.78, 5) is 0. The highest BCUT2D eigenvalue weighted by Gasteiger charge is 2.40. The molecule has 4 nitrogen and oxygen atoms in total. The third kappa shape index (κ3) is 3.27. The van der Waals surface area contributed by atoms with Crippen LogP contribution in [0.5, 0.6) is 11.5 Å². The molecule has 0 aromatic heterocycles. The largest absolute Gasteiger partial charge is 0.490 e. The van der Waals surface area contributed by atoms with E-state index in [1.54, 1.807) is 6.08 Å². The molecule has 2 aliphatic rings. The monoisotopic (exact) mass is 382 g/mol. The molecule has 0 radical (unpaired) electrons. The molecule has 5 rings (SSSR count). The van der Waals surface area contributed by atoms with E-state index in [0.717, 1.165) is 34.8 Å². The molecule has 2 aliphatic heterocycles. The van der Waals surface area contributed by atoms with Gasteiger partial charge in [-0.05, 0) is 35.9 Å². The SMILES string of the molecule is C=CCOc1ccc(C2Oc3ccccc3C3CC(c4ccccc4)=NN32)cc1. The summed E-state index contributed by atoms with van der Waals surface area (Å²) in [6, 6.07) is 26.8. The van der Waals surface area contributed by atoms with Crippen LogP contribution in [0.15, 0.2) is 96.6 Å². The highest BCUT2D eigenvalue weighted by Crippen LogP contribution is 2.47. The first-order valence-electron chi connectivity index (χ1n) is 9.84. The van der Waals surface area contributed by atoms with Crippen molar-refractivity contribution < 1.29 is 9.47 Å². The minimum absolute atomic E-state index is 0.164. The molecular weight excluding hydrogens is 360 g/mol. The molecule has 0 spiro atoms. The van der Waals surface area contributed by atoms with Crippen LogP contribution in [-0.2, 0) is 0 Å². The Balaban J connectivity index is 1.51. The van der Waals surface area contributed by atoms with Crippen LogP contribution >= 0.6 is 0 Å². The van der Waals surface area contributed by atoms with Crippen molar-refractivity contribution in [3.8, 4) is 11.5 Å². The maximum absolute atomic E-state index is 6.40. The summed E-state index contributed by atoms with van der Waals surface area (Å²) in [5, 5.41) is 7.09. The molecule has 0 fully saturated rings. The van der Waals surface area contributed by atoms with Gasteiger partial charge in [-0.3, -0.25) is 0 Å². The van der Waals surface area contributed by atoms with Crippen LogP contribution in [0.4, 0.5) is 0 Å². The van der Waals surface area contributed by atoms with E-state index in [2.05, 4.69) is 48.0 Å². The number of benzene rings is 3. The molecule has 0 aliphatic carbocycles. The van der Waals surface area contributed by atoms with Crippen molar-refractivity contribution in [1.29, 1.82) is 0 Å². The normalized spacial score (nSPS) is 19.6. The summed E-state index contributed by atoms with van der Waals surface area (Å²) in [6.07, 6.45) is 2.33. The van der Waals surface area contributed by atoms with Gasteiger partial charge in [0.25, 0.3) is 0 Å². The van der Waals surface area contributed by atoms with E-state index in [-0.39, 0.29) is 12.3 Å². The first-order valence-corrected chi connectivity index (χ1v) is 9.84. The van der Waals surface area contributed by atoms with Gasteiger partial charge in [0.05, 0.1) is 11.8 Å². The van der Waals surface area contributed by atoms with Gasteiger partial charge < -0.3 is 9.47 Å². The van der Waals surface area contributed by atoms with Gasteiger partial charge in [-0.25, -0.2) is 5.01 Å². The van der Waals surface area contributed by atoms with Crippen molar-refractivity contribution in [3.63, 3.8) is 0 Å². The molecule has 4 heteroatoms. The van der Waals surface area contributed by atoms with E-state index in [0.29, 0.717) is 6.61 Å². The predicted molar refractivity (Wildman–Crippen MR) is 114 cm³/mol. The molecule has 0 N–H and O–H groups in total. The van der Waals surface area contributed by atoms with Gasteiger partial charge >= 0.3 is 0 Å². The number of ether oxygens (including phenoxy) is 2. The lowest BCUT2D eigenvalue weighted by Crippen LogP contribution is -2.33. The van der Waals surface area contributed by atoms with Crippen molar-refractivity contribution in [2.24, 2.45) is 5.10 Å². The Kier molecular flexibility index (Phi) is 4.53. The molecule has 3 aromatic carbocycles. The number of rotatable bonds is 5. The van der Waals surface area contributed by atoms with Crippen LogP contribution in [0.3, 0.4) is 0 Å². The Hall–Kier alpha value is -3.53. The van der Waals surface area contributed by atoms with E-state index >= 15 is 0 Å². The highest BCUT2D eigenvalue weighted by atomic mass is 16.5. The van der Waals surface area contributed by atoms with Gasteiger partial charge in [0.2, 0.25) is 6.23 Å². The topological polar surface area (TPSA) is 34.1 Å². The van der Waals surface area contributed by atoms with Gasteiger partial charge in [-0.15, -0.1) is 0 Å². The molecule has 3 aromatic rings. The number of fused-ring (bicyclic) bond motifs is 3. The van der Waals surface area contributed by atoms with Gasteiger partial charge in [-0.2, -0.15) is 5.10 Å². The lowest BCUT2D eigenvalue weighted by atomic mass is 9.96. The molecule has 0 saturated carbocycles. The van der Waals surface area contributed by atoms with Crippen molar-refractivity contribution in [3.05, 3.63) is 108 Å². The molecule has 2 unspecified atom stereocenters. The first kappa shape index (κ1) is 17.6. The highest BCUT2D eigenvalue weighted by molar-refractivity contribution is 6.01. The Morgan fingerprint density at radius 1 is 1.00 bits per heavy atom. The number of hydrogen-bond donors (Lipinski definition) is 0. The van der Waals surface area contributed by atoms with Crippen LogP contribution < -0.4 is 9.47 Å². The fourth-order valence-corrected chi connectivity index (χ4v) is 3.94. The lowest BCUT2D eigenvalue weighted by molar-refractivity contribution is -0.0190. The van der Waals surface area contributed by atoms with Crippen molar-refractivity contribution in [2.45, 2.75) is 18.7 Å². The van der Waals surface area contributed by atoms with Crippen LogP contribution in [0.1, 0.15) is 35.4 Å². The minimum Gasteiger partial charge on any atom is -0.490 e. The average Bonchev–Trinajstić information content (AvgIpc) is 3.24. The van der Waals surface area contributed by atoms with E-state index in [4.69, 9.17) is 14.6 Å². The Bertz CT molecular complexity index is 1040. The summed E-state index contributed by atoms with van der Waals surface area (Å²) in [7, 11) is 0. The first-order chi connectivity index (χ1) is 14.3. The molecule has 29 heavy (non-hydrogen) atoms. The van der Waals surface area contributed by atoms with Crippen LogP contribution in [-0.4, -0.2) is 17.3 Å².